The molecule has 162 valence electrons. The fourth-order valence-electron chi connectivity index (χ4n) is 3.22. The van der Waals surface area contributed by atoms with Gasteiger partial charge in [0.15, 0.2) is 0 Å². The van der Waals surface area contributed by atoms with Crippen LogP contribution in [-0.2, 0) is 16.1 Å². The molecule has 1 aromatic carbocycles. The number of ether oxygens (including phenoxy) is 1. The van der Waals surface area contributed by atoms with E-state index in [2.05, 4.69) is 32.7 Å². The van der Waals surface area contributed by atoms with Crippen LogP contribution in [0.1, 0.15) is 41.0 Å². The lowest BCUT2D eigenvalue weighted by Crippen LogP contribution is -2.35. The molecule has 1 aromatic heterocycles. The molecule has 1 aliphatic rings. The zero-order chi connectivity index (χ0) is 21.3. The molecule has 10 heteroatoms. The van der Waals surface area contributed by atoms with E-state index in [-0.39, 0.29) is 30.0 Å². The van der Waals surface area contributed by atoms with Crippen LogP contribution in [0.15, 0.2) is 24.3 Å². The van der Waals surface area contributed by atoms with E-state index in [0.29, 0.717) is 28.3 Å². The maximum absolute atomic E-state index is 12.2. The molecule has 0 bridgehead atoms. The Morgan fingerprint density at radius 2 is 2.10 bits per heavy atom. The highest BCUT2D eigenvalue weighted by Crippen LogP contribution is 2.17. The minimum Gasteiger partial charge on any atom is -0.364 e. The van der Waals surface area contributed by atoms with Gasteiger partial charge in [-0.15, -0.1) is 10.2 Å². The van der Waals surface area contributed by atoms with Crippen molar-refractivity contribution in [2.24, 2.45) is 0 Å². The van der Waals surface area contributed by atoms with Crippen molar-refractivity contribution < 1.29 is 14.3 Å². The number of anilines is 1. The summed E-state index contributed by atoms with van der Waals surface area (Å²) in [6, 6.07) is 7.33. The lowest BCUT2D eigenvalue weighted by molar-refractivity contribution is -0.126. The molecule has 2 aromatic rings. The average Bonchev–Trinajstić information content (AvgIpc) is 3.40. The van der Waals surface area contributed by atoms with Crippen molar-refractivity contribution in [1.82, 2.24) is 20.4 Å². The van der Waals surface area contributed by atoms with Crippen molar-refractivity contribution in [2.75, 3.05) is 31.6 Å². The number of amides is 2. The van der Waals surface area contributed by atoms with Gasteiger partial charge in [0.05, 0.1) is 0 Å². The Kier molecular flexibility index (Phi) is 8.56. The Morgan fingerprint density at radius 1 is 1.30 bits per heavy atom. The summed E-state index contributed by atoms with van der Waals surface area (Å²) >= 11 is 7.03. The molecule has 0 saturated carbocycles. The number of hydrogen-bond acceptors (Lipinski definition) is 7. The molecule has 0 aliphatic carbocycles. The molecule has 0 unspecified atom stereocenters. The van der Waals surface area contributed by atoms with Crippen molar-refractivity contribution in [3.63, 3.8) is 0 Å². The summed E-state index contributed by atoms with van der Waals surface area (Å²) in [5.74, 6) is -0.530. The Bertz CT molecular complexity index is 856. The minimum absolute atomic E-state index is 0.0538. The molecule has 2 heterocycles. The minimum atomic E-state index is -0.370. The Morgan fingerprint density at radius 3 is 2.87 bits per heavy atom. The smallest absolute Gasteiger partial charge is 0.286 e. The Labute approximate surface area is 185 Å². The first kappa shape index (κ1) is 22.6. The fraction of sp³-hybridized carbons (Fsp3) is 0.500. The predicted octanol–water partition coefficient (Wildman–Crippen LogP) is 2.95. The summed E-state index contributed by atoms with van der Waals surface area (Å²) in [6.45, 7) is 5.20. The Hall–Kier alpha value is -2.07. The van der Waals surface area contributed by atoms with Crippen molar-refractivity contribution in [3.8, 4) is 0 Å². The third kappa shape index (κ3) is 7.02. The fourth-order valence-corrected chi connectivity index (χ4v) is 4.08. The van der Waals surface area contributed by atoms with Gasteiger partial charge in [-0.25, -0.2) is 0 Å². The van der Waals surface area contributed by atoms with Crippen LogP contribution in [0.4, 0.5) is 5.69 Å². The van der Waals surface area contributed by atoms with E-state index >= 15 is 0 Å². The number of carbonyl (C=O) groups excluding carboxylic acids is 2. The van der Waals surface area contributed by atoms with Gasteiger partial charge in [0, 0.05) is 23.3 Å². The SMILES string of the molecule is C[C@H](CCNC(=O)COCc1nnc(C(=O)Nc2cccc(Cl)c2)s1)N1CCCC1. The summed E-state index contributed by atoms with van der Waals surface area (Å²) < 4.78 is 5.40. The van der Waals surface area contributed by atoms with Crippen LogP contribution in [0.5, 0.6) is 0 Å². The van der Waals surface area contributed by atoms with Crippen LogP contribution in [0.3, 0.4) is 0 Å². The number of aromatic nitrogens is 2. The number of carbonyl (C=O) groups is 2. The summed E-state index contributed by atoms with van der Waals surface area (Å²) in [5.41, 5.74) is 0.580. The molecule has 8 nitrogen and oxygen atoms in total. The topological polar surface area (TPSA) is 96.5 Å². The predicted molar refractivity (Wildman–Crippen MR) is 117 cm³/mol. The number of halogens is 1. The molecule has 30 heavy (non-hydrogen) atoms. The number of likely N-dealkylation sites (tertiary alicyclic amines) is 1. The van der Waals surface area contributed by atoms with E-state index in [0.717, 1.165) is 30.8 Å². The number of nitrogens with zero attached hydrogens (tertiary/aromatic N) is 3. The standard InChI is InChI=1S/C20H26ClN5O3S/c1-14(26-9-2-3-10-26)7-8-22-17(27)12-29-13-18-24-25-20(30-18)19(28)23-16-6-4-5-15(21)11-16/h4-6,11,14H,2-3,7-10,12-13H2,1H3,(H,22,27)(H,23,28)/t14-/m1/s1. The zero-order valence-corrected chi connectivity index (χ0v) is 18.5. The van der Waals surface area contributed by atoms with Gasteiger partial charge in [-0.3, -0.25) is 9.59 Å². The molecule has 2 amide bonds. The van der Waals surface area contributed by atoms with Crippen molar-refractivity contribution in [1.29, 1.82) is 0 Å². The second-order valence-corrected chi connectivity index (χ2v) is 8.69. The lowest BCUT2D eigenvalue weighted by Gasteiger charge is -2.23. The molecule has 1 aliphatic heterocycles. The summed E-state index contributed by atoms with van der Waals surface area (Å²) in [4.78, 5) is 26.6. The summed E-state index contributed by atoms with van der Waals surface area (Å²) in [5, 5.41) is 14.7. The van der Waals surface area contributed by atoms with Gasteiger partial charge in [0.1, 0.15) is 18.2 Å². The number of benzene rings is 1. The molecule has 1 fully saturated rings. The van der Waals surface area contributed by atoms with Gasteiger partial charge in [-0.1, -0.05) is 29.0 Å². The molecule has 2 N–H and O–H groups in total. The van der Waals surface area contributed by atoms with Crippen molar-refractivity contribution in [3.05, 3.63) is 39.3 Å². The lowest BCUT2D eigenvalue weighted by atomic mass is 10.2. The highest BCUT2D eigenvalue weighted by atomic mass is 35.5. The molecule has 0 spiro atoms. The molecular weight excluding hydrogens is 426 g/mol. The van der Waals surface area contributed by atoms with E-state index in [1.54, 1.807) is 24.3 Å². The second-order valence-electron chi connectivity index (χ2n) is 7.19. The van der Waals surface area contributed by atoms with E-state index in [1.807, 2.05) is 0 Å². The van der Waals surface area contributed by atoms with Crippen LogP contribution in [-0.4, -0.2) is 59.2 Å². The summed E-state index contributed by atoms with van der Waals surface area (Å²) in [6.07, 6.45) is 3.45. The van der Waals surface area contributed by atoms with Crippen LogP contribution in [0.25, 0.3) is 0 Å². The molecule has 0 radical (unpaired) electrons. The van der Waals surface area contributed by atoms with E-state index in [9.17, 15) is 9.59 Å². The van der Waals surface area contributed by atoms with E-state index in [4.69, 9.17) is 16.3 Å². The van der Waals surface area contributed by atoms with Gasteiger partial charge >= 0.3 is 0 Å². The summed E-state index contributed by atoms with van der Waals surface area (Å²) in [7, 11) is 0. The van der Waals surface area contributed by atoms with Crippen LogP contribution >= 0.6 is 22.9 Å². The number of hydrogen-bond donors (Lipinski definition) is 2. The van der Waals surface area contributed by atoms with Crippen LogP contribution in [0, 0.1) is 0 Å². The van der Waals surface area contributed by atoms with Crippen molar-refractivity contribution >= 4 is 40.4 Å². The average molecular weight is 452 g/mol. The first-order valence-corrected chi connectivity index (χ1v) is 11.2. The van der Waals surface area contributed by atoms with E-state index in [1.165, 1.54) is 12.8 Å². The first-order chi connectivity index (χ1) is 14.5. The number of rotatable bonds is 10. The molecular formula is C20H26ClN5O3S. The molecule has 1 atom stereocenters. The maximum atomic E-state index is 12.2. The first-order valence-electron chi connectivity index (χ1n) is 9.99. The largest absolute Gasteiger partial charge is 0.364 e. The van der Waals surface area contributed by atoms with Crippen LogP contribution < -0.4 is 10.6 Å². The third-order valence-electron chi connectivity index (χ3n) is 4.85. The van der Waals surface area contributed by atoms with E-state index < -0.39 is 0 Å². The van der Waals surface area contributed by atoms with Crippen molar-refractivity contribution in [2.45, 2.75) is 38.8 Å². The quantitative estimate of drug-likeness (QED) is 0.576. The number of nitrogens with one attached hydrogen (secondary N) is 2. The van der Waals surface area contributed by atoms with Gasteiger partial charge in [-0.2, -0.15) is 0 Å². The monoisotopic (exact) mass is 451 g/mol. The normalized spacial score (nSPS) is 15.1. The van der Waals surface area contributed by atoms with Gasteiger partial charge in [0.2, 0.25) is 10.9 Å². The third-order valence-corrected chi connectivity index (χ3v) is 5.98. The highest BCUT2D eigenvalue weighted by molar-refractivity contribution is 7.13. The molecule has 3 rings (SSSR count). The van der Waals surface area contributed by atoms with Gasteiger partial charge in [0.25, 0.3) is 5.91 Å². The highest BCUT2D eigenvalue weighted by Gasteiger charge is 2.18. The van der Waals surface area contributed by atoms with Crippen LogP contribution in [0.2, 0.25) is 5.02 Å². The van der Waals surface area contributed by atoms with Gasteiger partial charge < -0.3 is 20.3 Å². The Balaban J connectivity index is 1.33. The zero-order valence-electron chi connectivity index (χ0n) is 16.9. The molecule has 1 saturated heterocycles. The second kappa shape index (κ2) is 11.4. The van der Waals surface area contributed by atoms with Gasteiger partial charge in [-0.05, 0) is 57.5 Å². The maximum Gasteiger partial charge on any atom is 0.286 e.